The first-order valence-electron chi connectivity index (χ1n) is 6.61. The van der Waals surface area contributed by atoms with Gasteiger partial charge in [-0.2, -0.15) is 0 Å². The van der Waals surface area contributed by atoms with E-state index in [2.05, 4.69) is 5.32 Å². The van der Waals surface area contributed by atoms with Crippen LogP contribution in [0.15, 0.2) is 42.5 Å². The van der Waals surface area contributed by atoms with E-state index >= 15 is 0 Å². The molecule has 3 heteroatoms. The molecule has 0 spiro atoms. The predicted octanol–water partition coefficient (Wildman–Crippen LogP) is 3.93. The van der Waals surface area contributed by atoms with Crippen molar-refractivity contribution >= 4 is 5.91 Å². The number of hydrogen-bond donors (Lipinski definition) is 1. The molecule has 1 unspecified atom stereocenters. The standard InChI is InChI=1S/C17H18FNO/c1-11-4-5-15(10-12(11)2)17(20)19-13(3)14-6-8-16(18)9-7-14/h4-10,13H,1-3H3,(H,19,20). The van der Waals surface area contributed by atoms with Gasteiger partial charge in [-0.25, -0.2) is 4.39 Å². The van der Waals surface area contributed by atoms with Crippen molar-refractivity contribution in [2.45, 2.75) is 26.8 Å². The molecule has 0 aliphatic rings. The van der Waals surface area contributed by atoms with Crippen molar-refractivity contribution in [3.8, 4) is 0 Å². The first-order valence-corrected chi connectivity index (χ1v) is 6.61. The molecular weight excluding hydrogens is 253 g/mol. The Morgan fingerprint density at radius 2 is 1.70 bits per heavy atom. The quantitative estimate of drug-likeness (QED) is 0.900. The molecule has 2 nitrogen and oxygen atoms in total. The summed E-state index contributed by atoms with van der Waals surface area (Å²) in [5, 5.41) is 2.92. The lowest BCUT2D eigenvalue weighted by molar-refractivity contribution is 0.0940. The number of carbonyl (C=O) groups excluding carboxylic acids is 1. The monoisotopic (exact) mass is 271 g/mol. The Labute approximate surface area is 118 Å². The van der Waals surface area contributed by atoms with Gasteiger partial charge in [0.25, 0.3) is 5.91 Å². The zero-order valence-corrected chi connectivity index (χ0v) is 11.9. The molecule has 0 saturated carbocycles. The molecular formula is C17H18FNO. The summed E-state index contributed by atoms with van der Waals surface area (Å²) in [6.07, 6.45) is 0. The number of benzene rings is 2. The van der Waals surface area contributed by atoms with Crippen LogP contribution in [0.5, 0.6) is 0 Å². The molecule has 104 valence electrons. The summed E-state index contributed by atoms with van der Waals surface area (Å²) in [7, 11) is 0. The number of carbonyl (C=O) groups is 1. The van der Waals surface area contributed by atoms with Gasteiger partial charge in [0.05, 0.1) is 6.04 Å². The van der Waals surface area contributed by atoms with E-state index in [0.717, 1.165) is 16.7 Å². The zero-order valence-electron chi connectivity index (χ0n) is 11.9. The second-order valence-corrected chi connectivity index (χ2v) is 5.05. The van der Waals surface area contributed by atoms with Gasteiger partial charge in [0.15, 0.2) is 0 Å². The van der Waals surface area contributed by atoms with Gasteiger partial charge in [-0.15, -0.1) is 0 Å². The highest BCUT2D eigenvalue weighted by Crippen LogP contribution is 2.15. The lowest BCUT2D eigenvalue weighted by Crippen LogP contribution is -2.26. The summed E-state index contributed by atoms with van der Waals surface area (Å²) in [5.41, 5.74) is 3.77. The van der Waals surface area contributed by atoms with Crippen LogP contribution in [0.2, 0.25) is 0 Å². The minimum atomic E-state index is -0.276. The van der Waals surface area contributed by atoms with Crippen LogP contribution >= 0.6 is 0 Å². The minimum absolute atomic E-state index is 0.120. The molecule has 0 bridgehead atoms. The zero-order chi connectivity index (χ0) is 14.7. The van der Waals surface area contributed by atoms with Gasteiger partial charge in [0.1, 0.15) is 5.82 Å². The number of aryl methyl sites for hydroxylation is 2. The molecule has 0 aliphatic heterocycles. The second-order valence-electron chi connectivity index (χ2n) is 5.05. The molecule has 1 atom stereocenters. The van der Waals surface area contributed by atoms with Crippen molar-refractivity contribution in [2.75, 3.05) is 0 Å². The van der Waals surface area contributed by atoms with Gasteiger partial charge < -0.3 is 5.32 Å². The molecule has 0 fully saturated rings. The maximum Gasteiger partial charge on any atom is 0.251 e. The van der Waals surface area contributed by atoms with Gasteiger partial charge >= 0.3 is 0 Å². The Hall–Kier alpha value is -2.16. The smallest absolute Gasteiger partial charge is 0.251 e. The molecule has 2 aromatic carbocycles. The molecule has 2 aromatic rings. The van der Waals surface area contributed by atoms with Crippen LogP contribution in [-0.2, 0) is 0 Å². The SMILES string of the molecule is Cc1ccc(C(=O)NC(C)c2ccc(F)cc2)cc1C. The van der Waals surface area contributed by atoms with E-state index in [4.69, 9.17) is 0 Å². The van der Waals surface area contributed by atoms with Gasteiger partial charge in [-0.1, -0.05) is 18.2 Å². The van der Waals surface area contributed by atoms with Crippen molar-refractivity contribution in [3.05, 3.63) is 70.5 Å². The van der Waals surface area contributed by atoms with Crippen molar-refractivity contribution in [1.82, 2.24) is 5.32 Å². The molecule has 0 heterocycles. The maximum absolute atomic E-state index is 12.9. The molecule has 20 heavy (non-hydrogen) atoms. The number of hydrogen-bond acceptors (Lipinski definition) is 1. The van der Waals surface area contributed by atoms with Crippen molar-refractivity contribution in [3.63, 3.8) is 0 Å². The van der Waals surface area contributed by atoms with E-state index in [1.165, 1.54) is 12.1 Å². The topological polar surface area (TPSA) is 29.1 Å². The summed E-state index contributed by atoms with van der Waals surface area (Å²) in [6.45, 7) is 5.87. The Kier molecular flexibility index (Phi) is 4.18. The minimum Gasteiger partial charge on any atom is -0.346 e. The summed E-state index contributed by atoms with van der Waals surface area (Å²) in [4.78, 5) is 12.2. The lowest BCUT2D eigenvalue weighted by Gasteiger charge is -2.15. The van der Waals surface area contributed by atoms with Crippen molar-refractivity contribution in [2.24, 2.45) is 0 Å². The molecule has 1 N–H and O–H groups in total. The normalized spacial score (nSPS) is 12.0. The van der Waals surface area contributed by atoms with Crippen LogP contribution in [0, 0.1) is 19.7 Å². The first-order chi connectivity index (χ1) is 9.47. The summed E-state index contributed by atoms with van der Waals surface area (Å²) in [6, 6.07) is 11.6. The molecule has 2 rings (SSSR count). The molecule has 0 radical (unpaired) electrons. The van der Waals surface area contributed by atoms with Gasteiger partial charge in [-0.05, 0) is 61.7 Å². The Morgan fingerprint density at radius 3 is 2.30 bits per heavy atom. The lowest BCUT2D eigenvalue weighted by atomic mass is 10.0. The Bertz CT molecular complexity index is 619. The highest BCUT2D eigenvalue weighted by atomic mass is 19.1. The fourth-order valence-corrected chi connectivity index (χ4v) is 2.00. The van der Waals surface area contributed by atoms with Crippen LogP contribution in [0.4, 0.5) is 4.39 Å². The van der Waals surface area contributed by atoms with E-state index in [0.29, 0.717) is 5.56 Å². The maximum atomic E-state index is 12.9. The van der Waals surface area contributed by atoms with E-state index in [9.17, 15) is 9.18 Å². The summed E-state index contributed by atoms with van der Waals surface area (Å²) >= 11 is 0. The van der Waals surface area contributed by atoms with Crippen molar-refractivity contribution < 1.29 is 9.18 Å². The third-order valence-electron chi connectivity index (χ3n) is 3.49. The van der Waals surface area contributed by atoms with Crippen LogP contribution < -0.4 is 5.32 Å². The second kappa shape index (κ2) is 5.87. The summed E-state index contributed by atoms with van der Waals surface area (Å²) < 4.78 is 12.9. The third-order valence-corrected chi connectivity index (χ3v) is 3.49. The summed E-state index contributed by atoms with van der Waals surface area (Å²) in [5.74, 6) is -0.397. The number of halogens is 1. The fourth-order valence-electron chi connectivity index (χ4n) is 2.00. The van der Waals surface area contributed by atoms with Crippen LogP contribution in [0.1, 0.15) is 40.0 Å². The average molecular weight is 271 g/mol. The molecule has 0 aromatic heterocycles. The van der Waals surface area contributed by atoms with Crippen LogP contribution in [0.25, 0.3) is 0 Å². The Morgan fingerprint density at radius 1 is 1.05 bits per heavy atom. The third kappa shape index (κ3) is 3.23. The molecule has 1 amide bonds. The first kappa shape index (κ1) is 14.3. The Balaban J connectivity index is 2.10. The number of rotatable bonds is 3. The molecule has 0 saturated heterocycles. The highest BCUT2D eigenvalue weighted by Gasteiger charge is 2.12. The van der Waals surface area contributed by atoms with E-state index in [1.807, 2.05) is 39.0 Å². The van der Waals surface area contributed by atoms with E-state index in [-0.39, 0.29) is 17.8 Å². The highest BCUT2D eigenvalue weighted by molar-refractivity contribution is 5.94. The van der Waals surface area contributed by atoms with Crippen LogP contribution in [0.3, 0.4) is 0 Å². The van der Waals surface area contributed by atoms with E-state index in [1.54, 1.807) is 12.1 Å². The van der Waals surface area contributed by atoms with Crippen LogP contribution in [-0.4, -0.2) is 5.91 Å². The largest absolute Gasteiger partial charge is 0.346 e. The number of amides is 1. The van der Waals surface area contributed by atoms with Gasteiger partial charge in [0, 0.05) is 5.56 Å². The average Bonchev–Trinajstić information content (AvgIpc) is 2.42. The van der Waals surface area contributed by atoms with Crippen molar-refractivity contribution in [1.29, 1.82) is 0 Å². The fraction of sp³-hybridized carbons (Fsp3) is 0.235. The molecule has 0 aliphatic carbocycles. The van der Waals surface area contributed by atoms with Gasteiger partial charge in [0.2, 0.25) is 0 Å². The predicted molar refractivity (Wildman–Crippen MR) is 78.2 cm³/mol. The van der Waals surface area contributed by atoms with E-state index < -0.39 is 0 Å². The van der Waals surface area contributed by atoms with Gasteiger partial charge in [-0.3, -0.25) is 4.79 Å². The number of nitrogens with one attached hydrogen (secondary N) is 1.